The molecule has 0 radical (unpaired) electrons. The van der Waals surface area contributed by atoms with Gasteiger partial charge in [-0.25, -0.2) is 4.39 Å². The summed E-state index contributed by atoms with van der Waals surface area (Å²) >= 11 is 3.23. The summed E-state index contributed by atoms with van der Waals surface area (Å²) in [5.41, 5.74) is -0.0644. The zero-order valence-corrected chi connectivity index (χ0v) is 13.1. The Balaban J connectivity index is 1.95. The number of rotatable bonds is 2. The van der Waals surface area contributed by atoms with E-state index in [4.69, 9.17) is 0 Å². The van der Waals surface area contributed by atoms with Gasteiger partial charge >= 0.3 is 0 Å². The van der Waals surface area contributed by atoms with E-state index in [1.165, 1.54) is 6.07 Å². The summed E-state index contributed by atoms with van der Waals surface area (Å²) in [7, 11) is 0. The first-order valence-electron chi connectivity index (χ1n) is 7.06. The van der Waals surface area contributed by atoms with E-state index in [9.17, 15) is 14.0 Å². The zero-order chi connectivity index (χ0) is 15.0. The van der Waals surface area contributed by atoms with Gasteiger partial charge in [0.05, 0.1) is 11.0 Å². The topological polar surface area (TPSA) is 49.4 Å². The van der Waals surface area contributed by atoms with Gasteiger partial charge in [0.25, 0.3) is 0 Å². The largest absolute Gasteiger partial charge is 0.345 e. The van der Waals surface area contributed by atoms with Crippen LogP contribution in [0.25, 0.3) is 0 Å². The number of carbonyl (C=O) groups excluding carboxylic acids is 2. The highest BCUT2D eigenvalue weighted by Gasteiger charge is 2.50. The van der Waals surface area contributed by atoms with E-state index in [0.717, 1.165) is 12.8 Å². The smallest absolute Gasteiger partial charge is 0.246 e. The highest BCUT2D eigenvalue weighted by molar-refractivity contribution is 9.10. The van der Waals surface area contributed by atoms with Gasteiger partial charge in [-0.3, -0.25) is 9.59 Å². The molecule has 2 fully saturated rings. The lowest BCUT2D eigenvalue weighted by atomic mass is 9.90. The van der Waals surface area contributed by atoms with Crippen LogP contribution < -0.4 is 5.32 Å². The quantitative estimate of drug-likeness (QED) is 0.886. The summed E-state index contributed by atoms with van der Waals surface area (Å²) in [5, 5.41) is 2.69. The van der Waals surface area contributed by atoms with Crippen LogP contribution in [-0.4, -0.2) is 28.8 Å². The fourth-order valence-corrected chi connectivity index (χ4v) is 3.70. The van der Waals surface area contributed by atoms with Crippen molar-refractivity contribution in [1.82, 2.24) is 10.2 Å². The molecule has 2 aliphatic rings. The molecule has 1 aliphatic heterocycles. The van der Waals surface area contributed by atoms with E-state index >= 15 is 0 Å². The molecule has 112 valence electrons. The number of halogens is 2. The van der Waals surface area contributed by atoms with E-state index in [-0.39, 0.29) is 30.7 Å². The molecule has 1 spiro atoms. The van der Waals surface area contributed by atoms with E-state index < -0.39 is 5.54 Å². The monoisotopic (exact) mass is 354 g/mol. The molecule has 6 heteroatoms. The van der Waals surface area contributed by atoms with Gasteiger partial charge in [0.2, 0.25) is 11.8 Å². The number of carbonyl (C=O) groups is 2. The lowest BCUT2D eigenvalue weighted by Crippen LogP contribution is -2.65. The van der Waals surface area contributed by atoms with Gasteiger partial charge in [0.15, 0.2) is 0 Å². The Morgan fingerprint density at radius 3 is 2.71 bits per heavy atom. The Kier molecular flexibility index (Phi) is 3.73. The van der Waals surface area contributed by atoms with Gasteiger partial charge < -0.3 is 10.2 Å². The van der Waals surface area contributed by atoms with Crippen molar-refractivity contribution >= 4 is 27.7 Å². The zero-order valence-electron chi connectivity index (χ0n) is 11.5. The van der Waals surface area contributed by atoms with Gasteiger partial charge in [0, 0.05) is 6.54 Å². The SMILES string of the molecule is O=C1CNC(=O)C2(CCCC2)N1Cc1cccc(F)c1Br. The lowest BCUT2D eigenvalue weighted by Gasteiger charge is -2.43. The van der Waals surface area contributed by atoms with Crippen LogP contribution in [0.3, 0.4) is 0 Å². The van der Waals surface area contributed by atoms with Gasteiger partial charge in [0.1, 0.15) is 11.4 Å². The Morgan fingerprint density at radius 2 is 2.00 bits per heavy atom. The van der Waals surface area contributed by atoms with Gasteiger partial charge in [-0.2, -0.15) is 0 Å². The van der Waals surface area contributed by atoms with Crippen molar-refractivity contribution in [3.63, 3.8) is 0 Å². The maximum Gasteiger partial charge on any atom is 0.246 e. The number of amides is 2. The minimum atomic E-state index is -0.749. The molecule has 1 saturated heterocycles. The van der Waals surface area contributed by atoms with Crippen LogP contribution in [0, 0.1) is 5.82 Å². The summed E-state index contributed by atoms with van der Waals surface area (Å²) in [6.45, 7) is 0.276. The average Bonchev–Trinajstić information content (AvgIpc) is 2.95. The number of piperazine rings is 1. The van der Waals surface area contributed by atoms with Crippen LogP contribution in [0.5, 0.6) is 0 Å². The summed E-state index contributed by atoms with van der Waals surface area (Å²) in [5.74, 6) is -0.540. The Morgan fingerprint density at radius 1 is 1.29 bits per heavy atom. The molecule has 0 unspecified atom stereocenters. The summed E-state index contributed by atoms with van der Waals surface area (Å²) in [4.78, 5) is 26.3. The van der Waals surface area contributed by atoms with Crippen LogP contribution in [-0.2, 0) is 16.1 Å². The third-order valence-corrected chi connectivity index (χ3v) is 5.32. The molecule has 0 bridgehead atoms. The van der Waals surface area contributed by atoms with Crippen LogP contribution in [0.1, 0.15) is 31.2 Å². The van der Waals surface area contributed by atoms with Gasteiger partial charge in [-0.1, -0.05) is 25.0 Å². The molecule has 1 saturated carbocycles. The lowest BCUT2D eigenvalue weighted by molar-refractivity contribution is -0.154. The van der Waals surface area contributed by atoms with E-state index in [1.54, 1.807) is 17.0 Å². The van der Waals surface area contributed by atoms with Crippen molar-refractivity contribution in [3.05, 3.63) is 34.1 Å². The van der Waals surface area contributed by atoms with Gasteiger partial charge in [-0.15, -0.1) is 0 Å². The molecule has 0 atom stereocenters. The van der Waals surface area contributed by atoms with Crippen molar-refractivity contribution in [2.45, 2.75) is 37.8 Å². The maximum absolute atomic E-state index is 13.6. The third-order valence-electron chi connectivity index (χ3n) is 4.43. The minimum Gasteiger partial charge on any atom is -0.345 e. The standard InChI is InChI=1S/C15H16BrFN2O2/c16-13-10(4-3-5-11(13)17)9-19-12(20)8-18-14(21)15(19)6-1-2-7-15/h3-5H,1-2,6-9H2,(H,18,21). The molecule has 1 aliphatic carbocycles. The number of hydrogen-bond donors (Lipinski definition) is 1. The highest BCUT2D eigenvalue weighted by Crippen LogP contribution is 2.38. The second kappa shape index (κ2) is 5.40. The first-order chi connectivity index (χ1) is 10.0. The van der Waals surface area contributed by atoms with Crippen LogP contribution in [0.15, 0.2) is 22.7 Å². The fourth-order valence-electron chi connectivity index (χ4n) is 3.31. The molecule has 3 rings (SSSR count). The second-order valence-electron chi connectivity index (χ2n) is 5.61. The molecule has 21 heavy (non-hydrogen) atoms. The molecule has 1 N–H and O–H groups in total. The second-order valence-corrected chi connectivity index (χ2v) is 6.41. The Hall–Kier alpha value is -1.43. The van der Waals surface area contributed by atoms with Crippen molar-refractivity contribution in [2.75, 3.05) is 6.54 Å². The maximum atomic E-state index is 13.6. The molecule has 4 nitrogen and oxygen atoms in total. The van der Waals surface area contributed by atoms with Gasteiger partial charge in [-0.05, 0) is 40.4 Å². The molecule has 1 heterocycles. The Labute approximate surface area is 130 Å². The molecular weight excluding hydrogens is 339 g/mol. The molecular formula is C15H16BrFN2O2. The molecule has 1 aromatic rings. The predicted molar refractivity (Wildman–Crippen MR) is 78.9 cm³/mol. The van der Waals surface area contributed by atoms with Crippen LogP contribution in [0.4, 0.5) is 4.39 Å². The summed E-state index contributed by atoms with van der Waals surface area (Å²) in [6, 6.07) is 4.75. The fraction of sp³-hybridized carbons (Fsp3) is 0.467. The van der Waals surface area contributed by atoms with E-state index in [1.807, 2.05) is 0 Å². The Bertz CT molecular complexity index is 599. The molecule has 0 aromatic heterocycles. The van der Waals surface area contributed by atoms with E-state index in [2.05, 4.69) is 21.2 Å². The first kappa shape index (κ1) is 14.5. The summed E-state index contributed by atoms with van der Waals surface area (Å²) in [6.07, 6.45) is 3.22. The predicted octanol–water partition coefficient (Wildman–Crippen LogP) is 2.36. The number of hydrogen-bond acceptors (Lipinski definition) is 2. The minimum absolute atomic E-state index is 0.0213. The van der Waals surface area contributed by atoms with Crippen molar-refractivity contribution < 1.29 is 14.0 Å². The molecule has 1 aromatic carbocycles. The van der Waals surface area contributed by atoms with Crippen LogP contribution >= 0.6 is 15.9 Å². The number of nitrogens with zero attached hydrogens (tertiary/aromatic N) is 1. The number of nitrogens with one attached hydrogen (secondary N) is 1. The summed E-state index contributed by atoms with van der Waals surface area (Å²) < 4.78 is 14.0. The molecule has 2 amide bonds. The van der Waals surface area contributed by atoms with Crippen molar-refractivity contribution in [2.24, 2.45) is 0 Å². The van der Waals surface area contributed by atoms with E-state index in [0.29, 0.717) is 22.9 Å². The number of benzene rings is 1. The third kappa shape index (κ3) is 2.35. The average molecular weight is 355 g/mol. The van der Waals surface area contributed by atoms with Crippen LogP contribution in [0.2, 0.25) is 0 Å². The normalized spacial score (nSPS) is 21.0. The first-order valence-corrected chi connectivity index (χ1v) is 7.85. The highest BCUT2D eigenvalue weighted by atomic mass is 79.9. The van der Waals surface area contributed by atoms with Crippen molar-refractivity contribution in [3.8, 4) is 0 Å². The van der Waals surface area contributed by atoms with Crippen molar-refractivity contribution in [1.29, 1.82) is 0 Å².